The molecular formula is C17H12Cl3FN4. The molecule has 8 heteroatoms. The molecule has 1 aromatic heterocycles. The van der Waals surface area contributed by atoms with Crippen molar-refractivity contribution in [2.24, 2.45) is 0 Å². The summed E-state index contributed by atoms with van der Waals surface area (Å²) in [5.74, 6) is 0.181. The number of benzene rings is 2. The lowest BCUT2D eigenvalue weighted by Crippen LogP contribution is -2.28. The van der Waals surface area contributed by atoms with Crippen LogP contribution >= 0.6 is 34.8 Å². The Morgan fingerprint density at radius 2 is 1.92 bits per heavy atom. The Hall–Kier alpha value is -1.82. The second-order valence-corrected chi connectivity index (χ2v) is 7.01. The van der Waals surface area contributed by atoms with Gasteiger partial charge >= 0.3 is 0 Å². The molecular weight excluding hydrogens is 386 g/mol. The van der Waals surface area contributed by atoms with Crippen molar-refractivity contribution in [3.05, 3.63) is 74.7 Å². The molecule has 0 aliphatic carbocycles. The summed E-state index contributed by atoms with van der Waals surface area (Å²) in [6.45, 7) is 0. The van der Waals surface area contributed by atoms with E-state index in [-0.39, 0.29) is 17.9 Å². The lowest BCUT2D eigenvalue weighted by Gasteiger charge is -2.32. The first-order valence-electron chi connectivity index (χ1n) is 7.59. The molecule has 1 N–H and O–H groups in total. The zero-order chi connectivity index (χ0) is 17.6. The van der Waals surface area contributed by atoms with Gasteiger partial charge in [0, 0.05) is 10.6 Å². The molecule has 1 aliphatic rings. The van der Waals surface area contributed by atoms with E-state index >= 15 is 0 Å². The molecule has 3 aromatic rings. The maximum Gasteiger partial charge on any atom is 0.222 e. The van der Waals surface area contributed by atoms with Gasteiger partial charge in [0.25, 0.3) is 0 Å². The first-order chi connectivity index (χ1) is 12.0. The summed E-state index contributed by atoms with van der Waals surface area (Å²) in [6, 6.07) is 9.57. The monoisotopic (exact) mass is 396 g/mol. The largest absolute Gasteiger partial charge is 0.348 e. The summed E-state index contributed by atoms with van der Waals surface area (Å²) >= 11 is 18.4. The third kappa shape index (κ3) is 2.97. The maximum absolute atomic E-state index is 14.5. The quantitative estimate of drug-likeness (QED) is 0.619. The zero-order valence-electron chi connectivity index (χ0n) is 12.8. The highest BCUT2D eigenvalue weighted by atomic mass is 35.5. The van der Waals surface area contributed by atoms with Crippen LogP contribution in [0.1, 0.15) is 29.6 Å². The van der Waals surface area contributed by atoms with Crippen molar-refractivity contribution < 1.29 is 4.39 Å². The van der Waals surface area contributed by atoms with Gasteiger partial charge in [0.05, 0.1) is 22.1 Å². The summed E-state index contributed by atoms with van der Waals surface area (Å²) in [7, 11) is 0. The molecule has 4 nitrogen and oxygen atoms in total. The summed E-state index contributed by atoms with van der Waals surface area (Å²) in [5, 5.41) is 8.84. The van der Waals surface area contributed by atoms with Crippen molar-refractivity contribution in [2.75, 3.05) is 5.32 Å². The fraction of sp³-hybridized carbons (Fsp3) is 0.176. The van der Waals surface area contributed by atoms with Crippen LogP contribution in [0.15, 0.2) is 42.7 Å². The minimum absolute atomic E-state index is 0.132. The number of hydrogen-bond acceptors (Lipinski definition) is 3. The fourth-order valence-electron chi connectivity index (χ4n) is 3.14. The highest BCUT2D eigenvalue weighted by molar-refractivity contribution is 6.42. The molecule has 0 spiro atoms. The minimum Gasteiger partial charge on any atom is -0.348 e. The summed E-state index contributed by atoms with van der Waals surface area (Å²) in [6.07, 6.45) is 1.97. The predicted octanol–water partition coefficient (Wildman–Crippen LogP) is 5.52. The highest BCUT2D eigenvalue weighted by Crippen LogP contribution is 2.41. The van der Waals surface area contributed by atoms with Crippen LogP contribution in [0.4, 0.5) is 10.3 Å². The van der Waals surface area contributed by atoms with Crippen LogP contribution in [0.5, 0.6) is 0 Å². The smallest absolute Gasteiger partial charge is 0.222 e. The van der Waals surface area contributed by atoms with E-state index in [1.807, 2.05) is 6.07 Å². The summed E-state index contributed by atoms with van der Waals surface area (Å²) in [5.41, 5.74) is 1.34. The lowest BCUT2D eigenvalue weighted by atomic mass is 9.93. The lowest BCUT2D eigenvalue weighted by molar-refractivity contribution is 0.416. The highest BCUT2D eigenvalue weighted by Gasteiger charge is 2.32. The second-order valence-electron chi connectivity index (χ2n) is 5.79. The summed E-state index contributed by atoms with van der Waals surface area (Å²) < 4.78 is 16.1. The molecule has 128 valence electrons. The number of rotatable bonds is 2. The third-order valence-corrected chi connectivity index (χ3v) is 5.38. The molecule has 0 amide bonds. The Balaban J connectivity index is 1.79. The van der Waals surface area contributed by atoms with Gasteiger partial charge in [-0.3, -0.25) is 0 Å². The molecule has 1 aliphatic heterocycles. The van der Waals surface area contributed by atoms with E-state index in [1.54, 1.807) is 28.9 Å². The van der Waals surface area contributed by atoms with Gasteiger partial charge in [0.1, 0.15) is 12.1 Å². The van der Waals surface area contributed by atoms with Crippen molar-refractivity contribution >= 4 is 40.8 Å². The molecule has 0 saturated carbocycles. The van der Waals surface area contributed by atoms with Gasteiger partial charge in [-0.1, -0.05) is 46.9 Å². The number of aromatic nitrogens is 3. The topological polar surface area (TPSA) is 42.7 Å². The summed E-state index contributed by atoms with van der Waals surface area (Å²) in [4.78, 5) is 4.22. The molecule has 2 heterocycles. The molecule has 25 heavy (non-hydrogen) atoms. The van der Waals surface area contributed by atoms with Gasteiger partial charge in [-0.25, -0.2) is 9.07 Å². The van der Waals surface area contributed by atoms with E-state index in [0.717, 1.165) is 5.56 Å². The van der Waals surface area contributed by atoms with E-state index in [9.17, 15) is 4.39 Å². The molecule has 0 bridgehead atoms. The van der Waals surface area contributed by atoms with E-state index in [0.29, 0.717) is 33.0 Å². The van der Waals surface area contributed by atoms with Crippen molar-refractivity contribution in [1.82, 2.24) is 14.8 Å². The van der Waals surface area contributed by atoms with Gasteiger partial charge in [-0.2, -0.15) is 10.1 Å². The van der Waals surface area contributed by atoms with Crippen LogP contribution in [0.2, 0.25) is 15.1 Å². The number of halogens is 4. The number of nitrogens with one attached hydrogen (secondary N) is 1. The molecule has 0 radical (unpaired) electrons. The van der Waals surface area contributed by atoms with E-state index in [4.69, 9.17) is 34.8 Å². The van der Waals surface area contributed by atoms with Crippen LogP contribution in [-0.4, -0.2) is 14.8 Å². The van der Waals surface area contributed by atoms with Gasteiger partial charge in [-0.15, -0.1) is 0 Å². The molecule has 4 rings (SSSR count). The normalized spacial score (nSPS) is 19.4. The maximum atomic E-state index is 14.5. The molecule has 0 fully saturated rings. The molecule has 2 aromatic carbocycles. The second kappa shape index (κ2) is 6.48. The van der Waals surface area contributed by atoms with Gasteiger partial charge < -0.3 is 5.32 Å². The Bertz CT molecular complexity index is 923. The van der Waals surface area contributed by atoms with Crippen LogP contribution in [0, 0.1) is 5.82 Å². The van der Waals surface area contributed by atoms with Crippen LogP contribution < -0.4 is 5.32 Å². The Kier molecular flexibility index (Phi) is 4.31. The average Bonchev–Trinajstić information content (AvgIpc) is 3.05. The van der Waals surface area contributed by atoms with Gasteiger partial charge in [-0.05, 0) is 36.2 Å². The van der Waals surface area contributed by atoms with Crippen molar-refractivity contribution in [3.63, 3.8) is 0 Å². The average molecular weight is 398 g/mol. The van der Waals surface area contributed by atoms with Crippen LogP contribution in [-0.2, 0) is 0 Å². The van der Waals surface area contributed by atoms with Crippen LogP contribution in [0.25, 0.3) is 0 Å². The van der Waals surface area contributed by atoms with Gasteiger partial charge in [0.2, 0.25) is 5.95 Å². The number of nitrogens with zero attached hydrogens (tertiary/aromatic N) is 3. The van der Waals surface area contributed by atoms with Crippen molar-refractivity contribution in [1.29, 1.82) is 0 Å². The molecule has 2 atom stereocenters. The van der Waals surface area contributed by atoms with Crippen molar-refractivity contribution in [2.45, 2.75) is 18.5 Å². The molecule has 0 unspecified atom stereocenters. The van der Waals surface area contributed by atoms with E-state index in [1.165, 1.54) is 12.4 Å². The molecule has 0 saturated heterocycles. The third-order valence-electron chi connectivity index (χ3n) is 4.31. The van der Waals surface area contributed by atoms with Crippen LogP contribution in [0.3, 0.4) is 0 Å². The van der Waals surface area contributed by atoms with Crippen molar-refractivity contribution in [3.8, 4) is 0 Å². The van der Waals surface area contributed by atoms with E-state index in [2.05, 4.69) is 15.4 Å². The number of anilines is 1. The first-order valence-corrected chi connectivity index (χ1v) is 8.73. The standard InChI is InChI=1S/C17H12Cl3FN4/c18-10-5-4-9(6-12(10)20)14-7-15(25-17(24-14)22-8-23-25)16-11(19)2-1-3-13(16)21/h1-6,8,14-15H,7H2,(H,22,23,24)/t14-,15+/m0/s1. The number of hydrogen-bond donors (Lipinski definition) is 1. The fourth-order valence-corrected chi connectivity index (χ4v) is 3.73. The van der Waals surface area contributed by atoms with Gasteiger partial charge in [0.15, 0.2) is 0 Å². The zero-order valence-corrected chi connectivity index (χ0v) is 15.0. The number of fused-ring (bicyclic) bond motifs is 1. The Morgan fingerprint density at radius 3 is 2.68 bits per heavy atom. The van der Waals surface area contributed by atoms with E-state index < -0.39 is 0 Å². The Morgan fingerprint density at radius 1 is 1.08 bits per heavy atom. The first kappa shape index (κ1) is 16.6. The predicted molar refractivity (Wildman–Crippen MR) is 97.0 cm³/mol. The SMILES string of the molecule is Fc1cccc(Cl)c1[C@H]1C[C@@H](c2ccc(Cl)c(Cl)c2)Nc2ncnn21. The minimum atomic E-state index is -0.382. The Labute approximate surface area is 158 Å².